The smallest absolute Gasteiger partial charge is 0.319 e. The van der Waals surface area contributed by atoms with E-state index in [4.69, 9.17) is 4.74 Å². The zero-order valence-electron chi connectivity index (χ0n) is 14.3. The Bertz CT molecular complexity index is 694. The van der Waals surface area contributed by atoms with E-state index in [1.165, 1.54) is 0 Å². The van der Waals surface area contributed by atoms with E-state index in [0.29, 0.717) is 6.61 Å². The van der Waals surface area contributed by atoms with Gasteiger partial charge >= 0.3 is 6.03 Å². The average Bonchev–Trinajstić information content (AvgIpc) is 2.72. The van der Waals surface area contributed by atoms with Gasteiger partial charge in [-0.15, -0.1) is 0 Å². The number of carbonyl (C=O) groups excluding carboxylic acids is 1. The molecule has 2 amide bonds. The maximum Gasteiger partial charge on any atom is 0.319 e. The highest BCUT2D eigenvalue weighted by atomic mass is 16.5. The molecule has 1 aromatic carbocycles. The number of aryl methyl sites for hydroxylation is 2. The number of methoxy groups -OCH3 is 1. The Kier molecular flexibility index (Phi) is 5.39. The maximum atomic E-state index is 12.2. The SMILES string of the molecule is COCc1cccc(NC(=O)NC(C)c2c(C)nn(C)c2C)c1. The van der Waals surface area contributed by atoms with Gasteiger partial charge in [0, 0.05) is 31.1 Å². The van der Waals surface area contributed by atoms with E-state index in [9.17, 15) is 4.79 Å². The Hall–Kier alpha value is -2.34. The summed E-state index contributed by atoms with van der Waals surface area (Å²) in [5.74, 6) is 0. The molecule has 0 radical (unpaired) electrons. The maximum absolute atomic E-state index is 12.2. The number of urea groups is 1. The van der Waals surface area contributed by atoms with Crippen LogP contribution in [-0.4, -0.2) is 22.9 Å². The predicted molar refractivity (Wildman–Crippen MR) is 90.4 cm³/mol. The molecule has 1 aromatic heterocycles. The highest BCUT2D eigenvalue weighted by Gasteiger charge is 2.18. The van der Waals surface area contributed by atoms with Gasteiger partial charge in [-0.3, -0.25) is 4.68 Å². The molecule has 6 heteroatoms. The predicted octanol–water partition coefficient (Wildman–Crippen LogP) is 3.07. The van der Waals surface area contributed by atoms with Crippen LogP contribution in [0.15, 0.2) is 24.3 Å². The van der Waals surface area contributed by atoms with Crippen molar-refractivity contribution in [2.45, 2.75) is 33.4 Å². The molecular formula is C17H24N4O2. The van der Waals surface area contributed by atoms with Crippen LogP contribution in [0.25, 0.3) is 0 Å². The Morgan fingerprint density at radius 3 is 2.74 bits per heavy atom. The first-order valence-electron chi connectivity index (χ1n) is 7.58. The van der Waals surface area contributed by atoms with Gasteiger partial charge < -0.3 is 15.4 Å². The molecule has 0 saturated carbocycles. The normalized spacial score (nSPS) is 12.0. The van der Waals surface area contributed by atoms with Gasteiger partial charge in [-0.25, -0.2) is 4.79 Å². The molecule has 1 heterocycles. The molecule has 0 aliphatic carbocycles. The quantitative estimate of drug-likeness (QED) is 0.891. The lowest BCUT2D eigenvalue weighted by molar-refractivity contribution is 0.185. The number of aromatic nitrogens is 2. The molecule has 0 saturated heterocycles. The molecule has 2 N–H and O–H groups in total. The van der Waals surface area contributed by atoms with Gasteiger partial charge in [0.1, 0.15) is 0 Å². The molecule has 2 aromatic rings. The summed E-state index contributed by atoms with van der Waals surface area (Å²) in [6.45, 7) is 6.42. The van der Waals surface area contributed by atoms with E-state index in [0.717, 1.165) is 28.2 Å². The number of amides is 2. The fourth-order valence-electron chi connectivity index (χ4n) is 2.76. The van der Waals surface area contributed by atoms with Crippen LogP contribution >= 0.6 is 0 Å². The van der Waals surface area contributed by atoms with Gasteiger partial charge in [-0.2, -0.15) is 5.10 Å². The van der Waals surface area contributed by atoms with Gasteiger partial charge in [0.2, 0.25) is 0 Å². The molecule has 0 aliphatic heterocycles. The molecule has 2 rings (SSSR count). The van der Waals surface area contributed by atoms with E-state index < -0.39 is 0 Å². The lowest BCUT2D eigenvalue weighted by Crippen LogP contribution is -2.31. The summed E-state index contributed by atoms with van der Waals surface area (Å²) in [4.78, 5) is 12.2. The monoisotopic (exact) mass is 316 g/mol. The Balaban J connectivity index is 2.03. The van der Waals surface area contributed by atoms with E-state index in [-0.39, 0.29) is 12.1 Å². The standard InChI is InChI=1S/C17H24N4O2/c1-11(16-12(2)20-21(4)13(16)3)18-17(22)19-15-8-6-7-14(9-15)10-23-5/h6-9,11H,10H2,1-5H3,(H2,18,19,22). The van der Waals surface area contributed by atoms with Crippen molar-refractivity contribution in [1.82, 2.24) is 15.1 Å². The third-order valence-electron chi connectivity index (χ3n) is 3.84. The number of anilines is 1. The van der Waals surface area contributed by atoms with Crippen molar-refractivity contribution in [3.8, 4) is 0 Å². The van der Waals surface area contributed by atoms with Crippen LogP contribution in [0, 0.1) is 13.8 Å². The van der Waals surface area contributed by atoms with Gasteiger partial charge in [0.05, 0.1) is 18.3 Å². The van der Waals surface area contributed by atoms with Crippen molar-refractivity contribution >= 4 is 11.7 Å². The van der Waals surface area contributed by atoms with Crippen LogP contribution < -0.4 is 10.6 Å². The van der Waals surface area contributed by atoms with E-state index >= 15 is 0 Å². The second-order valence-corrected chi connectivity index (χ2v) is 5.66. The summed E-state index contributed by atoms with van der Waals surface area (Å²) < 4.78 is 6.93. The molecule has 0 fully saturated rings. The summed E-state index contributed by atoms with van der Waals surface area (Å²) in [5, 5.41) is 10.2. The van der Waals surface area contributed by atoms with E-state index in [2.05, 4.69) is 15.7 Å². The van der Waals surface area contributed by atoms with Gasteiger partial charge in [-0.05, 0) is 38.5 Å². The molecule has 1 unspecified atom stereocenters. The van der Waals surface area contributed by atoms with Crippen LogP contribution in [0.5, 0.6) is 0 Å². The number of nitrogens with zero attached hydrogens (tertiary/aromatic N) is 2. The third-order valence-corrected chi connectivity index (χ3v) is 3.84. The highest BCUT2D eigenvalue weighted by molar-refractivity contribution is 5.89. The number of nitrogens with one attached hydrogen (secondary N) is 2. The van der Waals surface area contributed by atoms with Gasteiger partial charge in [0.15, 0.2) is 0 Å². The minimum atomic E-state index is -0.241. The van der Waals surface area contributed by atoms with Gasteiger partial charge in [-0.1, -0.05) is 12.1 Å². The van der Waals surface area contributed by atoms with Crippen LogP contribution in [0.4, 0.5) is 10.5 Å². The second-order valence-electron chi connectivity index (χ2n) is 5.66. The van der Waals surface area contributed by atoms with E-state index in [1.54, 1.807) is 7.11 Å². The van der Waals surface area contributed by atoms with Crippen molar-refractivity contribution in [2.75, 3.05) is 12.4 Å². The molecule has 6 nitrogen and oxygen atoms in total. The molecule has 0 aliphatic rings. The summed E-state index contributed by atoms with van der Waals surface area (Å²) >= 11 is 0. The molecule has 0 spiro atoms. The van der Waals surface area contributed by atoms with Crippen molar-refractivity contribution < 1.29 is 9.53 Å². The summed E-state index contributed by atoms with van der Waals surface area (Å²) in [6, 6.07) is 7.24. The molecule has 23 heavy (non-hydrogen) atoms. The third kappa shape index (κ3) is 4.10. The lowest BCUT2D eigenvalue weighted by Gasteiger charge is -2.16. The van der Waals surface area contributed by atoms with Crippen molar-refractivity contribution in [3.63, 3.8) is 0 Å². The molecular weight excluding hydrogens is 292 g/mol. The first-order valence-corrected chi connectivity index (χ1v) is 7.58. The Morgan fingerprint density at radius 1 is 1.39 bits per heavy atom. The Morgan fingerprint density at radius 2 is 2.13 bits per heavy atom. The number of hydrogen-bond acceptors (Lipinski definition) is 3. The number of rotatable bonds is 5. The van der Waals surface area contributed by atoms with Crippen molar-refractivity contribution in [3.05, 3.63) is 46.8 Å². The fourth-order valence-corrected chi connectivity index (χ4v) is 2.76. The number of hydrogen-bond donors (Lipinski definition) is 2. The summed E-state index contributed by atoms with van der Waals surface area (Å²) in [5.41, 5.74) is 4.79. The summed E-state index contributed by atoms with van der Waals surface area (Å²) in [6.07, 6.45) is 0. The second kappa shape index (κ2) is 7.28. The minimum Gasteiger partial charge on any atom is -0.380 e. The first kappa shape index (κ1) is 17.0. The van der Waals surface area contributed by atoms with Crippen LogP contribution in [-0.2, 0) is 18.4 Å². The zero-order valence-corrected chi connectivity index (χ0v) is 14.3. The van der Waals surface area contributed by atoms with Crippen LogP contribution in [0.1, 0.15) is 35.5 Å². The van der Waals surface area contributed by atoms with Crippen molar-refractivity contribution in [1.29, 1.82) is 0 Å². The highest BCUT2D eigenvalue weighted by Crippen LogP contribution is 2.20. The van der Waals surface area contributed by atoms with Gasteiger partial charge in [0.25, 0.3) is 0 Å². The van der Waals surface area contributed by atoms with E-state index in [1.807, 2.05) is 56.8 Å². The number of carbonyl (C=O) groups is 1. The van der Waals surface area contributed by atoms with Crippen LogP contribution in [0.3, 0.4) is 0 Å². The van der Waals surface area contributed by atoms with Crippen LogP contribution in [0.2, 0.25) is 0 Å². The summed E-state index contributed by atoms with van der Waals surface area (Å²) in [7, 11) is 3.55. The van der Waals surface area contributed by atoms with Crippen molar-refractivity contribution in [2.24, 2.45) is 7.05 Å². The molecule has 124 valence electrons. The topological polar surface area (TPSA) is 68.2 Å². The lowest BCUT2D eigenvalue weighted by atomic mass is 10.1. The Labute approximate surface area is 136 Å². The molecule has 1 atom stereocenters. The average molecular weight is 316 g/mol. The molecule has 0 bridgehead atoms. The first-order chi connectivity index (χ1) is 10.9. The fraction of sp³-hybridized carbons (Fsp3) is 0.412. The largest absolute Gasteiger partial charge is 0.380 e. The number of ether oxygens (including phenoxy) is 1. The minimum absolute atomic E-state index is 0.120. The zero-order chi connectivity index (χ0) is 17.0. The number of benzene rings is 1.